The van der Waals surface area contributed by atoms with Crippen LogP contribution >= 0.6 is 0 Å². The zero-order valence-corrected chi connectivity index (χ0v) is 22.1. The lowest BCUT2D eigenvalue weighted by Crippen LogP contribution is -2.45. The Bertz CT molecular complexity index is 1020. The average molecular weight is 483 g/mol. The van der Waals surface area contributed by atoms with Crippen LogP contribution in [0, 0.1) is 34.0 Å². The fourth-order valence-electron chi connectivity index (χ4n) is 8.00. The van der Waals surface area contributed by atoms with Crippen LogP contribution in [0.3, 0.4) is 0 Å². The number of allylic oxidation sites excluding steroid dienone is 5. The van der Waals surface area contributed by atoms with Crippen molar-refractivity contribution < 1.29 is 24.6 Å². The van der Waals surface area contributed by atoms with Crippen LogP contribution in [0.15, 0.2) is 47.6 Å². The number of ketones is 1. The Labute approximate surface area is 210 Å². The van der Waals surface area contributed by atoms with Crippen LogP contribution in [-0.4, -0.2) is 27.9 Å². The summed E-state index contributed by atoms with van der Waals surface area (Å²) in [7, 11) is 0. The molecule has 5 nitrogen and oxygen atoms in total. The average Bonchev–Trinajstić information content (AvgIpc) is 3.28. The fourth-order valence-corrected chi connectivity index (χ4v) is 8.00. The summed E-state index contributed by atoms with van der Waals surface area (Å²) < 4.78 is 0. The van der Waals surface area contributed by atoms with Crippen molar-refractivity contribution in [2.24, 2.45) is 34.0 Å². The number of carbonyl (C=O) groups is 3. The van der Waals surface area contributed by atoms with Gasteiger partial charge in [0.15, 0.2) is 5.78 Å². The van der Waals surface area contributed by atoms with E-state index < -0.39 is 11.9 Å². The Morgan fingerprint density at radius 2 is 1.86 bits per heavy atom. The quantitative estimate of drug-likeness (QED) is 0.280. The molecule has 3 rings (SSSR count). The topological polar surface area (TPSA) is 91.7 Å². The van der Waals surface area contributed by atoms with Gasteiger partial charge in [-0.3, -0.25) is 9.59 Å². The highest BCUT2D eigenvalue weighted by Gasteiger charge is 2.64. The minimum atomic E-state index is -1.07. The lowest BCUT2D eigenvalue weighted by atomic mass is 9.51. The minimum absolute atomic E-state index is 0.0517. The highest BCUT2D eigenvalue weighted by atomic mass is 16.4. The molecule has 2 N–H and O–H groups in total. The van der Waals surface area contributed by atoms with E-state index in [9.17, 15) is 19.5 Å². The first-order valence-corrected chi connectivity index (χ1v) is 12.9. The first kappa shape index (κ1) is 27.2. The van der Waals surface area contributed by atoms with Gasteiger partial charge in [0, 0.05) is 23.8 Å². The number of hydrogen-bond donors (Lipinski definition) is 2. The lowest BCUT2D eigenvalue weighted by molar-refractivity contribution is -0.138. The van der Waals surface area contributed by atoms with Crippen LogP contribution in [0.4, 0.5) is 0 Å². The fraction of sp³-hybridized carbons (Fsp3) is 0.633. The maximum Gasteiger partial charge on any atom is 0.331 e. The number of aliphatic carboxylic acids is 2. The van der Waals surface area contributed by atoms with Crippen molar-refractivity contribution in [3.63, 3.8) is 0 Å². The first-order valence-electron chi connectivity index (χ1n) is 12.9. The summed E-state index contributed by atoms with van der Waals surface area (Å²) in [6.45, 7) is 19.0. The van der Waals surface area contributed by atoms with Gasteiger partial charge in [0.05, 0.1) is 0 Å². The van der Waals surface area contributed by atoms with Crippen LogP contribution in [0.5, 0.6) is 0 Å². The summed E-state index contributed by atoms with van der Waals surface area (Å²) in [6.07, 6.45) is 9.40. The van der Waals surface area contributed by atoms with E-state index in [4.69, 9.17) is 5.11 Å². The number of hydrogen-bond acceptors (Lipinski definition) is 3. The molecule has 0 radical (unpaired) electrons. The first-order chi connectivity index (χ1) is 16.2. The van der Waals surface area contributed by atoms with E-state index in [1.165, 1.54) is 24.1 Å². The zero-order valence-electron chi connectivity index (χ0n) is 22.1. The lowest BCUT2D eigenvalue weighted by Gasteiger charge is -2.52. The van der Waals surface area contributed by atoms with Crippen molar-refractivity contribution in [2.75, 3.05) is 0 Å². The largest absolute Gasteiger partial charge is 0.481 e. The summed E-state index contributed by atoms with van der Waals surface area (Å²) >= 11 is 0. The number of carbonyl (C=O) groups excluding carboxylic acids is 1. The van der Waals surface area contributed by atoms with Gasteiger partial charge in [0.2, 0.25) is 0 Å². The van der Waals surface area contributed by atoms with Crippen molar-refractivity contribution in [1.29, 1.82) is 0 Å². The number of rotatable bonds is 9. The molecule has 1 spiro atoms. The monoisotopic (exact) mass is 482 g/mol. The van der Waals surface area contributed by atoms with E-state index in [2.05, 4.69) is 46.9 Å². The molecule has 0 bridgehead atoms. The molecule has 5 heteroatoms. The molecule has 0 aromatic rings. The molecule has 0 amide bonds. The summed E-state index contributed by atoms with van der Waals surface area (Å²) in [5.41, 5.74) is 3.27. The van der Waals surface area contributed by atoms with Gasteiger partial charge in [-0.1, -0.05) is 56.7 Å². The van der Waals surface area contributed by atoms with Crippen molar-refractivity contribution in [2.45, 2.75) is 86.0 Å². The van der Waals surface area contributed by atoms with Crippen molar-refractivity contribution in [3.8, 4) is 0 Å². The number of carboxylic acid groups (broad SMARTS) is 2. The van der Waals surface area contributed by atoms with Crippen molar-refractivity contribution in [3.05, 3.63) is 47.6 Å². The second kappa shape index (κ2) is 9.55. The van der Waals surface area contributed by atoms with E-state index >= 15 is 0 Å². The predicted molar refractivity (Wildman–Crippen MR) is 138 cm³/mol. The molecule has 35 heavy (non-hydrogen) atoms. The standard InChI is InChI=1S/C30H42O5/c1-18(2)23-8-9-25-24(28(23,6)13-12-26(32)33)11-15-30(25)20(4)10-14-29(30,7)21(5)17-22(31)16-19(3)27(34)35/h9,16,21,23-24H,1,4,8,10-15,17H2,2-3,5-7H3,(H,32,33)(H,34,35)/b19-16+/t21-,23+,24-,28+,29+,30+/m1/s1. The smallest absolute Gasteiger partial charge is 0.331 e. The van der Waals surface area contributed by atoms with Crippen molar-refractivity contribution in [1.82, 2.24) is 0 Å². The molecular weight excluding hydrogens is 440 g/mol. The van der Waals surface area contributed by atoms with Crippen LogP contribution in [0.1, 0.15) is 86.0 Å². The molecule has 2 fully saturated rings. The van der Waals surface area contributed by atoms with E-state index in [0.29, 0.717) is 12.8 Å². The molecule has 0 aromatic heterocycles. The van der Waals surface area contributed by atoms with Gasteiger partial charge in [-0.2, -0.15) is 0 Å². The summed E-state index contributed by atoms with van der Waals surface area (Å²) in [5, 5.41) is 18.6. The van der Waals surface area contributed by atoms with Crippen LogP contribution in [0.2, 0.25) is 0 Å². The second-order valence-corrected chi connectivity index (χ2v) is 11.9. The molecule has 0 heterocycles. The third kappa shape index (κ3) is 4.36. The van der Waals surface area contributed by atoms with E-state index in [-0.39, 0.29) is 51.8 Å². The zero-order chi connectivity index (χ0) is 26.3. The van der Waals surface area contributed by atoms with Crippen LogP contribution < -0.4 is 0 Å². The Hall–Kier alpha value is -2.43. The molecule has 3 aliphatic rings. The Balaban J connectivity index is 2.00. The van der Waals surface area contributed by atoms with Gasteiger partial charge < -0.3 is 10.2 Å². The highest BCUT2D eigenvalue weighted by molar-refractivity contribution is 5.98. The van der Waals surface area contributed by atoms with Gasteiger partial charge in [-0.25, -0.2) is 4.79 Å². The van der Waals surface area contributed by atoms with Gasteiger partial charge in [0.25, 0.3) is 0 Å². The minimum Gasteiger partial charge on any atom is -0.481 e. The molecule has 192 valence electrons. The van der Waals surface area contributed by atoms with E-state index in [1.54, 1.807) is 0 Å². The van der Waals surface area contributed by atoms with Crippen molar-refractivity contribution >= 4 is 17.7 Å². The summed E-state index contributed by atoms with van der Waals surface area (Å²) in [6, 6.07) is 0. The second-order valence-electron chi connectivity index (χ2n) is 11.9. The molecule has 3 aliphatic carbocycles. The number of carboxylic acids is 2. The predicted octanol–water partition coefficient (Wildman–Crippen LogP) is 6.76. The van der Waals surface area contributed by atoms with Gasteiger partial charge >= 0.3 is 11.9 Å². The third-order valence-electron chi connectivity index (χ3n) is 10.1. The molecule has 0 aliphatic heterocycles. The molecule has 0 aromatic carbocycles. The van der Waals surface area contributed by atoms with E-state index in [1.807, 2.05) is 0 Å². The molecular formula is C30H42O5. The maximum absolute atomic E-state index is 12.8. The third-order valence-corrected chi connectivity index (χ3v) is 10.1. The van der Waals surface area contributed by atoms with Crippen LogP contribution in [-0.2, 0) is 14.4 Å². The van der Waals surface area contributed by atoms with Gasteiger partial charge in [0.1, 0.15) is 0 Å². The molecule has 0 unspecified atom stereocenters. The maximum atomic E-state index is 12.8. The van der Waals surface area contributed by atoms with Crippen LogP contribution in [0.25, 0.3) is 0 Å². The highest BCUT2D eigenvalue weighted by Crippen LogP contribution is 2.73. The molecule has 6 atom stereocenters. The van der Waals surface area contributed by atoms with Gasteiger partial charge in [-0.15, -0.1) is 0 Å². The summed E-state index contributed by atoms with van der Waals surface area (Å²) in [4.78, 5) is 35.5. The normalized spacial score (nSPS) is 35.5. The molecule has 0 saturated heterocycles. The Morgan fingerprint density at radius 1 is 1.20 bits per heavy atom. The SMILES string of the molecule is C=C(C)[C@@H]1CC=C2[C@@H](CC[C@]23C(=C)CC[C@@]3(C)[C@H](C)CC(=O)/C=C(\C)C(=O)O)[C@@]1(C)CCC(=O)O. The van der Waals surface area contributed by atoms with E-state index in [0.717, 1.165) is 37.7 Å². The Kier molecular flexibility index (Phi) is 7.41. The molecule has 2 saturated carbocycles. The Morgan fingerprint density at radius 3 is 2.43 bits per heavy atom. The number of fused-ring (bicyclic) bond motifs is 2. The van der Waals surface area contributed by atoms with Gasteiger partial charge in [-0.05, 0) is 87.0 Å². The summed E-state index contributed by atoms with van der Waals surface area (Å²) in [5.74, 6) is -1.41.